The maximum absolute atomic E-state index is 4.88. The first kappa shape index (κ1) is 14.3. The zero-order chi connectivity index (χ0) is 14.8. The van der Waals surface area contributed by atoms with Crippen LogP contribution in [0.3, 0.4) is 0 Å². The van der Waals surface area contributed by atoms with E-state index in [9.17, 15) is 0 Å². The van der Waals surface area contributed by atoms with E-state index in [4.69, 9.17) is 5.10 Å². The highest BCUT2D eigenvalue weighted by atomic mass is 15.3. The average molecular weight is 284 g/mol. The second-order valence-corrected chi connectivity index (χ2v) is 5.77. The summed E-state index contributed by atoms with van der Waals surface area (Å²) in [5.74, 6) is 0. The van der Waals surface area contributed by atoms with Crippen molar-refractivity contribution in [1.82, 2.24) is 20.0 Å². The van der Waals surface area contributed by atoms with Crippen LogP contribution in [0.4, 0.5) is 0 Å². The lowest BCUT2D eigenvalue weighted by Gasteiger charge is -2.26. The van der Waals surface area contributed by atoms with Crippen molar-refractivity contribution in [1.29, 1.82) is 0 Å². The molecule has 112 valence electrons. The fraction of sp³-hybridized carbons (Fsp3) is 0.471. The lowest BCUT2D eigenvalue weighted by molar-refractivity contribution is 0.265. The first-order valence-corrected chi connectivity index (χ1v) is 7.76. The quantitative estimate of drug-likeness (QED) is 0.935. The van der Waals surface area contributed by atoms with Crippen LogP contribution in [0.2, 0.25) is 0 Å². The molecule has 0 saturated carbocycles. The standard InChI is InChI=1S/C17H24N4/c1-4-20-10-9-17-15(12-20)16(11-18-3)19-21(17)14-7-5-13(2)6-8-14/h5-8,18H,4,9-12H2,1-3H3. The second kappa shape index (κ2) is 6.00. The molecule has 0 atom stereocenters. The molecular formula is C17H24N4. The number of hydrogen-bond donors (Lipinski definition) is 1. The molecule has 4 nitrogen and oxygen atoms in total. The van der Waals surface area contributed by atoms with E-state index in [1.807, 2.05) is 7.05 Å². The molecule has 1 N–H and O–H groups in total. The van der Waals surface area contributed by atoms with Gasteiger partial charge in [-0.25, -0.2) is 4.68 Å². The number of nitrogens with zero attached hydrogens (tertiary/aromatic N) is 3. The predicted octanol–water partition coefficient (Wildman–Crippen LogP) is 2.28. The van der Waals surface area contributed by atoms with Crippen LogP contribution in [0.5, 0.6) is 0 Å². The van der Waals surface area contributed by atoms with Gasteiger partial charge in [-0.15, -0.1) is 0 Å². The van der Waals surface area contributed by atoms with Gasteiger partial charge in [-0.3, -0.25) is 4.90 Å². The number of benzene rings is 1. The second-order valence-electron chi connectivity index (χ2n) is 5.77. The van der Waals surface area contributed by atoms with E-state index in [0.717, 1.165) is 32.6 Å². The van der Waals surface area contributed by atoms with Crippen LogP contribution in [-0.2, 0) is 19.5 Å². The highest BCUT2D eigenvalue weighted by molar-refractivity contribution is 5.40. The van der Waals surface area contributed by atoms with Gasteiger partial charge in [0.25, 0.3) is 0 Å². The fourth-order valence-electron chi connectivity index (χ4n) is 3.02. The van der Waals surface area contributed by atoms with Crippen LogP contribution in [-0.4, -0.2) is 34.8 Å². The number of nitrogens with one attached hydrogen (secondary N) is 1. The molecule has 0 bridgehead atoms. The molecule has 0 amide bonds. The smallest absolute Gasteiger partial charge is 0.0814 e. The van der Waals surface area contributed by atoms with Crippen LogP contribution in [0.1, 0.15) is 29.4 Å². The lowest BCUT2D eigenvalue weighted by Crippen LogP contribution is -2.31. The Morgan fingerprint density at radius 1 is 1.24 bits per heavy atom. The molecule has 0 radical (unpaired) electrons. The van der Waals surface area contributed by atoms with Crippen molar-refractivity contribution in [2.24, 2.45) is 0 Å². The third kappa shape index (κ3) is 2.74. The van der Waals surface area contributed by atoms with Crippen LogP contribution in [0.25, 0.3) is 5.69 Å². The molecule has 2 heterocycles. The molecule has 0 fully saturated rings. The third-order valence-electron chi connectivity index (χ3n) is 4.29. The van der Waals surface area contributed by atoms with E-state index in [1.165, 1.54) is 28.2 Å². The summed E-state index contributed by atoms with van der Waals surface area (Å²) in [6, 6.07) is 8.64. The van der Waals surface area contributed by atoms with E-state index >= 15 is 0 Å². The molecule has 2 aromatic rings. The Hall–Kier alpha value is -1.65. The molecule has 0 aliphatic carbocycles. The minimum absolute atomic E-state index is 0.832. The molecule has 4 heteroatoms. The molecule has 3 rings (SSSR count). The highest BCUT2D eigenvalue weighted by Crippen LogP contribution is 2.25. The van der Waals surface area contributed by atoms with Crippen molar-refractivity contribution in [2.75, 3.05) is 20.1 Å². The van der Waals surface area contributed by atoms with Crippen LogP contribution in [0.15, 0.2) is 24.3 Å². The van der Waals surface area contributed by atoms with Gasteiger partial charge in [0.1, 0.15) is 0 Å². The summed E-state index contributed by atoms with van der Waals surface area (Å²) in [6.07, 6.45) is 1.08. The van der Waals surface area contributed by atoms with Gasteiger partial charge < -0.3 is 5.32 Å². The number of aryl methyl sites for hydroxylation is 1. The Kier molecular flexibility index (Phi) is 4.08. The van der Waals surface area contributed by atoms with Gasteiger partial charge in [-0.2, -0.15) is 5.10 Å². The summed E-state index contributed by atoms with van der Waals surface area (Å²) < 4.78 is 2.15. The van der Waals surface area contributed by atoms with Gasteiger partial charge in [0.2, 0.25) is 0 Å². The predicted molar refractivity (Wildman–Crippen MR) is 85.7 cm³/mol. The van der Waals surface area contributed by atoms with Gasteiger partial charge in [-0.1, -0.05) is 24.6 Å². The van der Waals surface area contributed by atoms with Crippen molar-refractivity contribution in [3.05, 3.63) is 46.8 Å². The normalized spacial score (nSPS) is 15.2. The van der Waals surface area contributed by atoms with Crippen LogP contribution in [0, 0.1) is 6.92 Å². The summed E-state index contributed by atoms with van der Waals surface area (Å²) in [7, 11) is 1.98. The molecule has 21 heavy (non-hydrogen) atoms. The van der Waals surface area contributed by atoms with Gasteiger partial charge in [0.05, 0.1) is 17.1 Å². The SMILES string of the molecule is CCN1CCc2c(c(CNC)nn2-c2ccc(C)cc2)C1. The van der Waals surface area contributed by atoms with E-state index in [2.05, 4.69) is 53.0 Å². The fourth-order valence-corrected chi connectivity index (χ4v) is 3.02. The average Bonchev–Trinajstić information content (AvgIpc) is 2.86. The Morgan fingerprint density at radius 2 is 2.00 bits per heavy atom. The Balaban J connectivity index is 2.04. The Morgan fingerprint density at radius 3 is 2.67 bits per heavy atom. The van der Waals surface area contributed by atoms with E-state index in [-0.39, 0.29) is 0 Å². The number of likely N-dealkylation sites (N-methyl/N-ethyl adjacent to an activating group) is 1. The molecular weight excluding hydrogens is 260 g/mol. The Labute approximate surface area is 126 Å². The third-order valence-corrected chi connectivity index (χ3v) is 4.29. The van der Waals surface area contributed by atoms with Crippen molar-refractivity contribution >= 4 is 0 Å². The highest BCUT2D eigenvalue weighted by Gasteiger charge is 2.24. The number of fused-ring (bicyclic) bond motifs is 1. The monoisotopic (exact) mass is 284 g/mol. The Bertz CT molecular complexity index is 612. The summed E-state index contributed by atoms with van der Waals surface area (Å²) in [4.78, 5) is 2.49. The maximum atomic E-state index is 4.88. The molecule has 0 unspecified atom stereocenters. The maximum Gasteiger partial charge on any atom is 0.0814 e. The topological polar surface area (TPSA) is 33.1 Å². The minimum atomic E-state index is 0.832. The van der Waals surface area contributed by atoms with E-state index in [1.54, 1.807) is 0 Å². The summed E-state index contributed by atoms with van der Waals surface area (Å²) >= 11 is 0. The largest absolute Gasteiger partial charge is 0.314 e. The zero-order valence-corrected chi connectivity index (χ0v) is 13.2. The van der Waals surface area contributed by atoms with Crippen molar-refractivity contribution in [3.63, 3.8) is 0 Å². The van der Waals surface area contributed by atoms with E-state index in [0.29, 0.717) is 0 Å². The molecule has 1 aromatic heterocycles. The minimum Gasteiger partial charge on any atom is -0.314 e. The summed E-state index contributed by atoms with van der Waals surface area (Å²) in [5.41, 5.74) is 6.44. The van der Waals surface area contributed by atoms with Crippen molar-refractivity contribution < 1.29 is 0 Å². The number of aromatic nitrogens is 2. The lowest BCUT2D eigenvalue weighted by atomic mass is 10.0. The van der Waals surface area contributed by atoms with Gasteiger partial charge in [0, 0.05) is 31.6 Å². The summed E-state index contributed by atoms with van der Waals surface area (Å²) in [5, 5.41) is 8.12. The van der Waals surface area contributed by atoms with Gasteiger partial charge in [0.15, 0.2) is 0 Å². The molecule has 1 aliphatic rings. The van der Waals surface area contributed by atoms with Gasteiger partial charge >= 0.3 is 0 Å². The number of rotatable bonds is 4. The van der Waals surface area contributed by atoms with Gasteiger partial charge in [-0.05, 0) is 32.6 Å². The first-order valence-electron chi connectivity index (χ1n) is 7.76. The molecule has 1 aromatic carbocycles. The zero-order valence-electron chi connectivity index (χ0n) is 13.2. The van der Waals surface area contributed by atoms with Crippen LogP contribution >= 0.6 is 0 Å². The first-order chi connectivity index (χ1) is 10.2. The van der Waals surface area contributed by atoms with Crippen LogP contribution < -0.4 is 5.32 Å². The van der Waals surface area contributed by atoms with E-state index < -0.39 is 0 Å². The molecule has 0 saturated heterocycles. The van der Waals surface area contributed by atoms with Crippen molar-refractivity contribution in [2.45, 2.75) is 33.4 Å². The van der Waals surface area contributed by atoms with Crippen molar-refractivity contribution in [3.8, 4) is 5.69 Å². The summed E-state index contributed by atoms with van der Waals surface area (Å²) in [6.45, 7) is 8.43. The number of hydrogen-bond acceptors (Lipinski definition) is 3. The molecule has 0 spiro atoms. The molecule has 1 aliphatic heterocycles.